The number of rotatable bonds is 5. The van der Waals surface area contributed by atoms with Crippen LogP contribution in [0.25, 0.3) is 0 Å². The van der Waals surface area contributed by atoms with Crippen molar-refractivity contribution in [3.05, 3.63) is 23.8 Å². The van der Waals surface area contributed by atoms with Gasteiger partial charge in [-0.1, -0.05) is 25.5 Å². The maximum atomic E-state index is 5.79. The van der Waals surface area contributed by atoms with Crippen LogP contribution in [0.4, 0.5) is 0 Å². The Morgan fingerprint density at radius 3 is 3.15 bits per heavy atom. The van der Waals surface area contributed by atoms with Crippen molar-refractivity contribution in [3.63, 3.8) is 0 Å². The van der Waals surface area contributed by atoms with Crippen molar-refractivity contribution in [3.8, 4) is 11.5 Å². The Morgan fingerprint density at radius 2 is 2.25 bits per heavy atom. The van der Waals surface area contributed by atoms with E-state index in [1.54, 1.807) is 0 Å². The second-order valence-corrected chi connectivity index (χ2v) is 5.53. The Hall–Kier alpha value is -1.26. The lowest BCUT2D eigenvalue weighted by atomic mass is 10.00. The van der Waals surface area contributed by atoms with Gasteiger partial charge in [0, 0.05) is 24.8 Å². The average Bonchev–Trinajstić information content (AvgIpc) is 2.95. The first kappa shape index (κ1) is 13.7. The van der Waals surface area contributed by atoms with Crippen molar-refractivity contribution < 1.29 is 14.2 Å². The lowest BCUT2D eigenvalue weighted by Gasteiger charge is -2.30. The molecule has 1 aromatic rings. The van der Waals surface area contributed by atoms with Crippen LogP contribution < -0.4 is 14.8 Å². The molecule has 0 aliphatic carbocycles. The molecule has 0 aromatic heterocycles. The molecule has 1 N–H and O–H groups in total. The molecule has 0 bridgehead atoms. The van der Waals surface area contributed by atoms with Gasteiger partial charge in [-0.05, 0) is 25.3 Å². The van der Waals surface area contributed by atoms with E-state index in [9.17, 15) is 0 Å². The van der Waals surface area contributed by atoms with Gasteiger partial charge in [-0.3, -0.25) is 0 Å². The van der Waals surface area contributed by atoms with Gasteiger partial charge in [0.25, 0.3) is 0 Å². The van der Waals surface area contributed by atoms with E-state index in [2.05, 4.69) is 18.3 Å². The first-order valence-electron chi connectivity index (χ1n) is 7.59. The molecule has 20 heavy (non-hydrogen) atoms. The van der Waals surface area contributed by atoms with Crippen molar-refractivity contribution in [1.82, 2.24) is 5.32 Å². The lowest BCUT2D eigenvalue weighted by Crippen LogP contribution is -2.38. The van der Waals surface area contributed by atoms with Crippen LogP contribution in [0.5, 0.6) is 11.5 Å². The molecule has 1 fully saturated rings. The van der Waals surface area contributed by atoms with Gasteiger partial charge in [-0.2, -0.15) is 0 Å². The van der Waals surface area contributed by atoms with E-state index in [0.29, 0.717) is 18.9 Å². The fourth-order valence-corrected chi connectivity index (χ4v) is 2.97. The summed E-state index contributed by atoms with van der Waals surface area (Å²) >= 11 is 0. The highest BCUT2D eigenvalue weighted by Gasteiger charge is 2.23. The maximum absolute atomic E-state index is 5.79. The van der Waals surface area contributed by atoms with E-state index in [1.165, 1.54) is 12.0 Å². The second-order valence-electron chi connectivity index (χ2n) is 5.53. The zero-order valence-corrected chi connectivity index (χ0v) is 12.1. The van der Waals surface area contributed by atoms with Gasteiger partial charge in [0.2, 0.25) is 6.79 Å². The Morgan fingerprint density at radius 1 is 1.30 bits per heavy atom. The van der Waals surface area contributed by atoms with Crippen LogP contribution in [0.15, 0.2) is 18.2 Å². The molecule has 2 atom stereocenters. The molecule has 0 spiro atoms. The number of benzene rings is 1. The normalized spacial score (nSPS) is 24.9. The van der Waals surface area contributed by atoms with Gasteiger partial charge >= 0.3 is 0 Å². The quantitative estimate of drug-likeness (QED) is 0.898. The van der Waals surface area contributed by atoms with Gasteiger partial charge in [0.15, 0.2) is 11.5 Å². The minimum Gasteiger partial charge on any atom is -0.454 e. The van der Waals surface area contributed by atoms with Crippen molar-refractivity contribution in [2.45, 2.75) is 51.3 Å². The van der Waals surface area contributed by atoms with E-state index in [0.717, 1.165) is 43.9 Å². The van der Waals surface area contributed by atoms with E-state index >= 15 is 0 Å². The SMILES string of the molecule is CCCC1CC(NCc2cccc3c2OCO3)CCO1. The largest absolute Gasteiger partial charge is 0.454 e. The summed E-state index contributed by atoms with van der Waals surface area (Å²) in [5.41, 5.74) is 1.18. The van der Waals surface area contributed by atoms with Crippen LogP contribution in [-0.4, -0.2) is 25.5 Å². The summed E-state index contributed by atoms with van der Waals surface area (Å²) in [6, 6.07) is 6.62. The minimum atomic E-state index is 0.336. The smallest absolute Gasteiger partial charge is 0.231 e. The molecule has 0 radical (unpaired) electrons. The topological polar surface area (TPSA) is 39.7 Å². The molecule has 0 amide bonds. The third kappa shape index (κ3) is 3.07. The second kappa shape index (κ2) is 6.46. The standard InChI is InChI=1S/C16H23NO3/c1-2-4-14-9-13(7-8-18-14)17-10-12-5-3-6-15-16(12)20-11-19-15/h3,5-6,13-14,17H,2,4,7-11H2,1H3. The van der Waals surface area contributed by atoms with Crippen molar-refractivity contribution >= 4 is 0 Å². The molecule has 2 aliphatic heterocycles. The number of hydrogen-bond acceptors (Lipinski definition) is 4. The van der Waals surface area contributed by atoms with E-state index in [1.807, 2.05) is 12.1 Å². The zero-order chi connectivity index (χ0) is 13.8. The van der Waals surface area contributed by atoms with Crippen molar-refractivity contribution in [2.24, 2.45) is 0 Å². The Balaban J connectivity index is 1.56. The predicted molar refractivity (Wildman–Crippen MR) is 77.1 cm³/mol. The minimum absolute atomic E-state index is 0.336. The molecule has 4 nitrogen and oxygen atoms in total. The van der Waals surface area contributed by atoms with E-state index in [4.69, 9.17) is 14.2 Å². The summed E-state index contributed by atoms with van der Waals surface area (Å²) in [6.45, 7) is 4.25. The molecule has 4 heteroatoms. The zero-order valence-electron chi connectivity index (χ0n) is 12.1. The molecule has 2 unspecified atom stereocenters. The number of nitrogens with one attached hydrogen (secondary N) is 1. The van der Waals surface area contributed by atoms with Gasteiger partial charge < -0.3 is 19.5 Å². The fraction of sp³-hybridized carbons (Fsp3) is 0.625. The third-order valence-electron chi connectivity index (χ3n) is 4.04. The molecular weight excluding hydrogens is 254 g/mol. The fourth-order valence-electron chi connectivity index (χ4n) is 2.97. The van der Waals surface area contributed by atoms with Gasteiger partial charge in [0.05, 0.1) is 6.10 Å². The summed E-state index contributed by atoms with van der Waals surface area (Å²) in [5, 5.41) is 3.64. The Labute approximate surface area is 120 Å². The number of para-hydroxylation sites is 1. The summed E-state index contributed by atoms with van der Waals surface area (Å²) in [7, 11) is 0. The Bertz CT molecular complexity index is 447. The molecule has 1 aromatic carbocycles. The molecule has 2 aliphatic rings. The predicted octanol–water partition coefficient (Wildman–Crippen LogP) is 2.85. The van der Waals surface area contributed by atoms with Crippen LogP contribution in [-0.2, 0) is 11.3 Å². The third-order valence-corrected chi connectivity index (χ3v) is 4.04. The van der Waals surface area contributed by atoms with Crippen LogP contribution >= 0.6 is 0 Å². The van der Waals surface area contributed by atoms with Gasteiger partial charge in [0.1, 0.15) is 0 Å². The number of ether oxygens (including phenoxy) is 3. The lowest BCUT2D eigenvalue weighted by molar-refractivity contribution is -0.00344. The van der Waals surface area contributed by atoms with Crippen LogP contribution in [0, 0.1) is 0 Å². The van der Waals surface area contributed by atoms with Crippen LogP contribution in [0.2, 0.25) is 0 Å². The molecule has 0 saturated carbocycles. The highest BCUT2D eigenvalue weighted by molar-refractivity contribution is 5.48. The van der Waals surface area contributed by atoms with E-state index < -0.39 is 0 Å². The number of fused-ring (bicyclic) bond motifs is 1. The number of hydrogen-bond donors (Lipinski definition) is 1. The molecule has 1 saturated heterocycles. The highest BCUT2D eigenvalue weighted by atomic mass is 16.7. The average molecular weight is 277 g/mol. The summed E-state index contributed by atoms with van der Waals surface area (Å²) in [5.74, 6) is 1.76. The molecule has 3 rings (SSSR count). The highest BCUT2D eigenvalue weighted by Crippen LogP contribution is 2.35. The van der Waals surface area contributed by atoms with Gasteiger partial charge in [-0.15, -0.1) is 0 Å². The monoisotopic (exact) mass is 277 g/mol. The summed E-state index contributed by atoms with van der Waals surface area (Å²) in [6.07, 6.45) is 4.98. The first-order valence-corrected chi connectivity index (χ1v) is 7.59. The molecule has 110 valence electrons. The van der Waals surface area contributed by atoms with E-state index in [-0.39, 0.29) is 0 Å². The molecular formula is C16H23NO3. The first-order chi connectivity index (χ1) is 9.86. The Kier molecular flexibility index (Phi) is 4.43. The van der Waals surface area contributed by atoms with Crippen molar-refractivity contribution in [2.75, 3.05) is 13.4 Å². The van der Waals surface area contributed by atoms with Gasteiger partial charge in [-0.25, -0.2) is 0 Å². The summed E-state index contributed by atoms with van der Waals surface area (Å²) in [4.78, 5) is 0. The molecule has 2 heterocycles. The maximum Gasteiger partial charge on any atom is 0.231 e. The van der Waals surface area contributed by atoms with Crippen LogP contribution in [0.3, 0.4) is 0 Å². The van der Waals surface area contributed by atoms with Crippen LogP contribution in [0.1, 0.15) is 38.2 Å². The summed E-state index contributed by atoms with van der Waals surface area (Å²) < 4.78 is 16.7. The van der Waals surface area contributed by atoms with Crippen molar-refractivity contribution in [1.29, 1.82) is 0 Å².